The molecule has 2 N–H and O–H groups in total. The second kappa shape index (κ2) is 7.47. The lowest BCUT2D eigenvalue weighted by Gasteiger charge is -2.42. The lowest BCUT2D eigenvalue weighted by molar-refractivity contribution is 0.0472. The molecule has 4 nitrogen and oxygen atoms in total. The molecule has 0 amide bonds. The van der Waals surface area contributed by atoms with Crippen LogP contribution in [-0.4, -0.2) is 58.7 Å². The van der Waals surface area contributed by atoms with Crippen LogP contribution in [0.15, 0.2) is 30.3 Å². The summed E-state index contributed by atoms with van der Waals surface area (Å²) in [5.74, 6) is 0.677. The topological polar surface area (TPSA) is 42.5 Å². The van der Waals surface area contributed by atoms with Crippen molar-refractivity contribution >= 4 is 10.9 Å². The Bertz CT molecular complexity index is 589. The molecular formula is C19H29N3O. The molecule has 1 aromatic carbocycles. The molecule has 1 unspecified atom stereocenters. The second-order valence-electron chi connectivity index (χ2n) is 7.17. The Labute approximate surface area is 139 Å². The minimum atomic E-state index is 0.277. The van der Waals surface area contributed by atoms with E-state index in [9.17, 15) is 5.11 Å². The SMILES string of the molecule is CC(C)CN1CCN(Cc2cc3ccccc3[nH]2)CC1CCO. The van der Waals surface area contributed by atoms with Crippen LogP contribution in [0.1, 0.15) is 26.0 Å². The Balaban J connectivity index is 1.64. The molecule has 126 valence electrons. The van der Waals surface area contributed by atoms with E-state index in [1.54, 1.807) is 0 Å². The van der Waals surface area contributed by atoms with Crippen LogP contribution >= 0.6 is 0 Å². The van der Waals surface area contributed by atoms with E-state index in [-0.39, 0.29) is 6.61 Å². The van der Waals surface area contributed by atoms with Crippen molar-refractivity contribution in [2.75, 3.05) is 32.8 Å². The van der Waals surface area contributed by atoms with Crippen molar-refractivity contribution in [1.29, 1.82) is 0 Å². The number of aliphatic hydroxyl groups excluding tert-OH is 1. The summed E-state index contributed by atoms with van der Waals surface area (Å²) < 4.78 is 0. The molecule has 3 rings (SSSR count). The summed E-state index contributed by atoms with van der Waals surface area (Å²) >= 11 is 0. The molecule has 1 aliphatic heterocycles. The number of nitrogens with one attached hydrogen (secondary N) is 1. The van der Waals surface area contributed by atoms with Gasteiger partial charge in [-0.25, -0.2) is 0 Å². The summed E-state index contributed by atoms with van der Waals surface area (Å²) in [7, 11) is 0. The highest BCUT2D eigenvalue weighted by Gasteiger charge is 2.27. The number of hydrogen-bond donors (Lipinski definition) is 2. The molecule has 1 fully saturated rings. The number of para-hydroxylation sites is 1. The summed E-state index contributed by atoms with van der Waals surface area (Å²) in [4.78, 5) is 8.60. The van der Waals surface area contributed by atoms with Gasteiger partial charge in [0.15, 0.2) is 0 Å². The molecule has 0 spiro atoms. The molecule has 0 aliphatic carbocycles. The molecule has 1 aromatic heterocycles. The van der Waals surface area contributed by atoms with Gasteiger partial charge in [-0.1, -0.05) is 32.0 Å². The van der Waals surface area contributed by atoms with Gasteiger partial charge in [-0.15, -0.1) is 0 Å². The van der Waals surface area contributed by atoms with Crippen LogP contribution in [0.5, 0.6) is 0 Å². The average Bonchev–Trinajstić information content (AvgIpc) is 2.92. The average molecular weight is 315 g/mol. The van der Waals surface area contributed by atoms with E-state index in [4.69, 9.17) is 0 Å². The minimum absolute atomic E-state index is 0.277. The van der Waals surface area contributed by atoms with Gasteiger partial charge in [-0.2, -0.15) is 0 Å². The molecule has 2 aromatic rings. The van der Waals surface area contributed by atoms with Crippen molar-refractivity contribution in [3.8, 4) is 0 Å². The highest BCUT2D eigenvalue weighted by atomic mass is 16.3. The molecule has 1 atom stereocenters. The predicted octanol–water partition coefficient (Wildman–Crippen LogP) is 2.69. The highest BCUT2D eigenvalue weighted by Crippen LogP contribution is 2.19. The van der Waals surface area contributed by atoms with E-state index in [2.05, 4.69) is 59.0 Å². The fourth-order valence-electron chi connectivity index (χ4n) is 3.69. The maximum atomic E-state index is 9.39. The van der Waals surface area contributed by atoms with Gasteiger partial charge in [-0.3, -0.25) is 9.80 Å². The number of H-pyrrole nitrogens is 1. The smallest absolute Gasteiger partial charge is 0.0456 e. The number of rotatable bonds is 6. The highest BCUT2D eigenvalue weighted by molar-refractivity contribution is 5.80. The zero-order chi connectivity index (χ0) is 16.2. The molecule has 0 radical (unpaired) electrons. The van der Waals surface area contributed by atoms with E-state index < -0.39 is 0 Å². The number of aromatic nitrogens is 1. The molecule has 23 heavy (non-hydrogen) atoms. The number of aromatic amines is 1. The molecular weight excluding hydrogens is 286 g/mol. The predicted molar refractivity (Wildman–Crippen MR) is 95.5 cm³/mol. The van der Waals surface area contributed by atoms with Crippen LogP contribution in [0, 0.1) is 5.92 Å². The first-order valence-corrected chi connectivity index (χ1v) is 8.79. The van der Waals surface area contributed by atoms with Gasteiger partial charge >= 0.3 is 0 Å². The number of hydrogen-bond acceptors (Lipinski definition) is 3. The second-order valence-corrected chi connectivity index (χ2v) is 7.17. The van der Waals surface area contributed by atoms with Crippen LogP contribution in [0.3, 0.4) is 0 Å². The Kier molecular flexibility index (Phi) is 5.36. The lowest BCUT2D eigenvalue weighted by atomic mass is 10.1. The van der Waals surface area contributed by atoms with Crippen LogP contribution in [0.2, 0.25) is 0 Å². The fourth-order valence-corrected chi connectivity index (χ4v) is 3.69. The molecule has 0 bridgehead atoms. The Morgan fingerprint density at radius 2 is 2.09 bits per heavy atom. The number of nitrogens with zero attached hydrogens (tertiary/aromatic N) is 2. The third-order valence-corrected chi connectivity index (χ3v) is 4.73. The van der Waals surface area contributed by atoms with E-state index in [0.717, 1.165) is 39.1 Å². The minimum Gasteiger partial charge on any atom is -0.396 e. The Morgan fingerprint density at radius 3 is 2.83 bits per heavy atom. The number of benzene rings is 1. The summed E-state index contributed by atoms with van der Waals surface area (Å²) in [6, 6.07) is 11.2. The molecule has 0 saturated carbocycles. The first-order valence-electron chi connectivity index (χ1n) is 8.79. The largest absolute Gasteiger partial charge is 0.396 e. The zero-order valence-electron chi connectivity index (χ0n) is 14.3. The van der Waals surface area contributed by atoms with Gasteiger partial charge < -0.3 is 10.1 Å². The fraction of sp³-hybridized carbons (Fsp3) is 0.579. The van der Waals surface area contributed by atoms with Crippen molar-refractivity contribution in [2.45, 2.75) is 32.9 Å². The Hall–Kier alpha value is -1.36. The Morgan fingerprint density at radius 1 is 1.26 bits per heavy atom. The zero-order valence-corrected chi connectivity index (χ0v) is 14.3. The van der Waals surface area contributed by atoms with Crippen molar-refractivity contribution in [1.82, 2.24) is 14.8 Å². The van der Waals surface area contributed by atoms with Crippen molar-refractivity contribution < 1.29 is 5.11 Å². The molecule has 1 saturated heterocycles. The van der Waals surface area contributed by atoms with E-state index in [0.29, 0.717) is 12.0 Å². The van der Waals surface area contributed by atoms with Gasteiger partial charge in [0, 0.05) is 56.6 Å². The maximum Gasteiger partial charge on any atom is 0.0456 e. The maximum absolute atomic E-state index is 9.39. The van der Waals surface area contributed by atoms with E-state index >= 15 is 0 Å². The van der Waals surface area contributed by atoms with Crippen molar-refractivity contribution in [3.05, 3.63) is 36.0 Å². The molecule has 2 heterocycles. The quantitative estimate of drug-likeness (QED) is 0.861. The van der Waals surface area contributed by atoms with E-state index in [1.165, 1.54) is 16.6 Å². The van der Waals surface area contributed by atoms with E-state index in [1.807, 2.05) is 0 Å². The van der Waals surface area contributed by atoms with Gasteiger partial charge in [0.2, 0.25) is 0 Å². The summed E-state index contributed by atoms with van der Waals surface area (Å²) in [5, 5.41) is 10.7. The van der Waals surface area contributed by atoms with Crippen LogP contribution < -0.4 is 0 Å². The van der Waals surface area contributed by atoms with Gasteiger partial charge in [0.1, 0.15) is 0 Å². The lowest BCUT2D eigenvalue weighted by Crippen LogP contribution is -2.53. The van der Waals surface area contributed by atoms with Gasteiger partial charge in [-0.05, 0) is 29.9 Å². The van der Waals surface area contributed by atoms with Crippen LogP contribution in [0.25, 0.3) is 10.9 Å². The van der Waals surface area contributed by atoms with Crippen LogP contribution in [-0.2, 0) is 6.54 Å². The number of fused-ring (bicyclic) bond motifs is 1. The number of aliphatic hydroxyl groups is 1. The molecule has 4 heteroatoms. The first-order chi connectivity index (χ1) is 11.2. The molecule has 1 aliphatic rings. The van der Waals surface area contributed by atoms with Gasteiger partial charge in [0.05, 0.1) is 0 Å². The third kappa shape index (κ3) is 4.14. The van der Waals surface area contributed by atoms with Crippen molar-refractivity contribution in [3.63, 3.8) is 0 Å². The van der Waals surface area contributed by atoms with Gasteiger partial charge in [0.25, 0.3) is 0 Å². The normalized spacial score (nSPS) is 20.6. The summed E-state index contributed by atoms with van der Waals surface area (Å²) in [6.45, 7) is 10.2. The van der Waals surface area contributed by atoms with Crippen molar-refractivity contribution in [2.24, 2.45) is 5.92 Å². The summed E-state index contributed by atoms with van der Waals surface area (Å²) in [6.07, 6.45) is 0.871. The van der Waals surface area contributed by atoms with Crippen LogP contribution in [0.4, 0.5) is 0 Å². The number of piperazine rings is 1. The monoisotopic (exact) mass is 315 g/mol. The summed E-state index contributed by atoms with van der Waals surface area (Å²) in [5.41, 5.74) is 2.50. The standard InChI is InChI=1S/C19H29N3O/c1-15(2)12-22-9-8-21(14-18(22)7-10-23)13-17-11-16-5-3-4-6-19(16)20-17/h3-6,11,15,18,20,23H,7-10,12-14H2,1-2H3. The third-order valence-electron chi connectivity index (χ3n) is 4.73. The first kappa shape index (κ1) is 16.5.